The van der Waals surface area contributed by atoms with Gasteiger partial charge in [-0.15, -0.1) is 0 Å². The van der Waals surface area contributed by atoms with Gasteiger partial charge in [0.25, 0.3) is 0 Å². The summed E-state index contributed by atoms with van der Waals surface area (Å²) in [6, 6.07) is 0. The average molecular weight is 154 g/mol. The van der Waals surface area contributed by atoms with E-state index in [1.54, 1.807) is 6.92 Å². The van der Waals surface area contributed by atoms with E-state index >= 15 is 0 Å². The highest BCUT2D eigenvalue weighted by atomic mass is 16.4. The van der Waals surface area contributed by atoms with Gasteiger partial charge >= 0.3 is 5.97 Å². The molecule has 0 aliphatic carbocycles. The van der Waals surface area contributed by atoms with Crippen molar-refractivity contribution in [3.05, 3.63) is 17.2 Å². The Morgan fingerprint density at radius 3 is 2.73 bits per heavy atom. The summed E-state index contributed by atoms with van der Waals surface area (Å²) in [7, 11) is 0. The Morgan fingerprint density at radius 2 is 2.36 bits per heavy atom. The number of H-pyrrole nitrogens is 1. The molecular weight excluding hydrogens is 144 g/mol. The number of aromatic carboxylic acids is 1. The molecule has 1 aromatic heterocycles. The van der Waals surface area contributed by atoms with Crippen molar-refractivity contribution in [1.29, 1.82) is 0 Å². The van der Waals surface area contributed by atoms with Crippen LogP contribution in [0.1, 0.15) is 28.9 Å². The monoisotopic (exact) mass is 154 g/mol. The minimum atomic E-state index is -0.966. The summed E-state index contributed by atoms with van der Waals surface area (Å²) in [5, 5.41) is 8.63. The van der Waals surface area contributed by atoms with Crippen LogP contribution in [0.3, 0.4) is 0 Å². The number of aryl methyl sites for hydroxylation is 2. The van der Waals surface area contributed by atoms with Crippen LogP contribution in [0.25, 0.3) is 0 Å². The van der Waals surface area contributed by atoms with Crippen LogP contribution >= 0.6 is 0 Å². The summed E-state index contributed by atoms with van der Waals surface area (Å²) in [6.45, 7) is 3.63. The molecule has 1 aromatic rings. The van der Waals surface area contributed by atoms with Crippen molar-refractivity contribution >= 4 is 5.97 Å². The quantitative estimate of drug-likeness (QED) is 0.667. The summed E-state index contributed by atoms with van der Waals surface area (Å²) < 4.78 is 0. The number of imidazole rings is 1. The Labute approximate surface area is 64.3 Å². The van der Waals surface area contributed by atoms with Crippen LogP contribution in [-0.4, -0.2) is 21.0 Å². The van der Waals surface area contributed by atoms with Crippen LogP contribution in [0.5, 0.6) is 0 Å². The lowest BCUT2D eigenvalue weighted by Crippen LogP contribution is -2.00. The van der Waals surface area contributed by atoms with Gasteiger partial charge in [-0.1, -0.05) is 6.92 Å². The molecule has 0 saturated carbocycles. The number of hydrogen-bond acceptors (Lipinski definition) is 2. The largest absolute Gasteiger partial charge is 0.476 e. The number of rotatable bonds is 2. The Kier molecular flexibility index (Phi) is 1.94. The Hall–Kier alpha value is -1.32. The van der Waals surface area contributed by atoms with Crippen LogP contribution in [-0.2, 0) is 6.42 Å². The lowest BCUT2D eigenvalue weighted by Gasteiger charge is -1.90. The van der Waals surface area contributed by atoms with Crippen LogP contribution in [0, 0.1) is 6.92 Å². The molecule has 0 aromatic carbocycles. The van der Waals surface area contributed by atoms with Crippen LogP contribution in [0.4, 0.5) is 0 Å². The molecule has 2 N–H and O–H groups in total. The molecule has 0 aliphatic heterocycles. The molecular formula is C7H10N2O2. The Bertz CT molecular complexity index is 278. The van der Waals surface area contributed by atoms with E-state index in [0.29, 0.717) is 17.9 Å². The predicted octanol–water partition coefficient (Wildman–Crippen LogP) is 0.979. The third kappa shape index (κ3) is 1.39. The first-order chi connectivity index (χ1) is 5.15. The van der Waals surface area contributed by atoms with Crippen LogP contribution < -0.4 is 0 Å². The molecule has 0 spiro atoms. The van der Waals surface area contributed by atoms with E-state index < -0.39 is 5.97 Å². The fourth-order valence-electron chi connectivity index (χ4n) is 0.973. The maximum absolute atomic E-state index is 10.5. The molecule has 4 heteroatoms. The van der Waals surface area contributed by atoms with E-state index in [0.717, 1.165) is 0 Å². The van der Waals surface area contributed by atoms with E-state index in [2.05, 4.69) is 9.97 Å². The number of aromatic amines is 1. The minimum absolute atomic E-state index is 0.144. The highest BCUT2D eigenvalue weighted by Gasteiger charge is 2.12. The normalized spacial score (nSPS) is 10.0. The van der Waals surface area contributed by atoms with Crippen molar-refractivity contribution in [3.8, 4) is 0 Å². The first kappa shape index (κ1) is 7.78. The van der Waals surface area contributed by atoms with Crippen molar-refractivity contribution in [2.75, 3.05) is 0 Å². The lowest BCUT2D eigenvalue weighted by atomic mass is 10.3. The maximum Gasteiger partial charge on any atom is 0.356 e. The molecule has 60 valence electrons. The summed E-state index contributed by atoms with van der Waals surface area (Å²) in [4.78, 5) is 17.2. The van der Waals surface area contributed by atoms with Gasteiger partial charge in [-0.05, 0) is 13.3 Å². The molecule has 0 amide bonds. The Balaban J connectivity index is 3.12. The molecule has 0 aliphatic rings. The van der Waals surface area contributed by atoms with Gasteiger partial charge in [0, 0.05) is 5.69 Å². The molecule has 0 fully saturated rings. The summed E-state index contributed by atoms with van der Waals surface area (Å²) in [5.74, 6) is -0.314. The second kappa shape index (κ2) is 2.74. The van der Waals surface area contributed by atoms with Gasteiger partial charge in [0.05, 0.1) is 0 Å². The zero-order valence-corrected chi connectivity index (χ0v) is 6.51. The molecule has 0 saturated heterocycles. The lowest BCUT2D eigenvalue weighted by molar-refractivity contribution is 0.0690. The first-order valence-corrected chi connectivity index (χ1v) is 3.44. The second-order valence-corrected chi connectivity index (χ2v) is 2.31. The maximum atomic E-state index is 10.5. The highest BCUT2D eigenvalue weighted by molar-refractivity contribution is 5.86. The molecule has 1 rings (SSSR count). The first-order valence-electron chi connectivity index (χ1n) is 3.44. The third-order valence-electron chi connectivity index (χ3n) is 1.45. The average Bonchev–Trinajstić information content (AvgIpc) is 2.30. The van der Waals surface area contributed by atoms with Crippen LogP contribution in [0.2, 0.25) is 0 Å². The highest BCUT2D eigenvalue weighted by Crippen LogP contribution is 2.05. The SMILES string of the molecule is CCc1[nH]c(C)nc1C(=O)O. The molecule has 4 nitrogen and oxygen atoms in total. The van der Waals surface area contributed by atoms with Gasteiger partial charge in [-0.2, -0.15) is 0 Å². The van der Waals surface area contributed by atoms with E-state index in [4.69, 9.17) is 5.11 Å². The van der Waals surface area contributed by atoms with Crippen molar-refractivity contribution in [2.24, 2.45) is 0 Å². The van der Waals surface area contributed by atoms with Crippen molar-refractivity contribution < 1.29 is 9.90 Å². The summed E-state index contributed by atoms with van der Waals surface area (Å²) >= 11 is 0. The number of carboxylic acids is 1. The van der Waals surface area contributed by atoms with E-state index in [1.165, 1.54) is 0 Å². The van der Waals surface area contributed by atoms with Gasteiger partial charge in [-0.25, -0.2) is 9.78 Å². The number of hydrogen-bond donors (Lipinski definition) is 2. The number of aromatic nitrogens is 2. The number of nitrogens with zero attached hydrogens (tertiary/aromatic N) is 1. The van der Waals surface area contributed by atoms with Crippen LogP contribution in [0.15, 0.2) is 0 Å². The molecule has 1 heterocycles. The zero-order chi connectivity index (χ0) is 8.43. The van der Waals surface area contributed by atoms with Crippen molar-refractivity contribution in [2.45, 2.75) is 20.3 Å². The standard InChI is InChI=1S/C7H10N2O2/c1-3-5-6(7(10)11)9-4(2)8-5/h3H2,1-2H3,(H,8,9)(H,10,11). The third-order valence-corrected chi connectivity index (χ3v) is 1.45. The van der Waals surface area contributed by atoms with Gasteiger partial charge in [0.1, 0.15) is 5.82 Å². The van der Waals surface area contributed by atoms with Gasteiger partial charge in [-0.3, -0.25) is 0 Å². The fraction of sp³-hybridized carbons (Fsp3) is 0.429. The minimum Gasteiger partial charge on any atom is -0.476 e. The summed E-state index contributed by atoms with van der Waals surface area (Å²) in [6.07, 6.45) is 0.669. The molecule has 0 unspecified atom stereocenters. The van der Waals surface area contributed by atoms with Crippen molar-refractivity contribution in [1.82, 2.24) is 9.97 Å². The predicted molar refractivity (Wildman–Crippen MR) is 39.7 cm³/mol. The zero-order valence-electron chi connectivity index (χ0n) is 6.51. The molecule has 11 heavy (non-hydrogen) atoms. The number of nitrogens with one attached hydrogen (secondary N) is 1. The van der Waals surface area contributed by atoms with Crippen molar-refractivity contribution in [3.63, 3.8) is 0 Å². The fourth-order valence-corrected chi connectivity index (χ4v) is 0.973. The second-order valence-electron chi connectivity index (χ2n) is 2.31. The topological polar surface area (TPSA) is 66.0 Å². The Morgan fingerprint density at radius 1 is 1.73 bits per heavy atom. The van der Waals surface area contributed by atoms with E-state index in [-0.39, 0.29) is 5.69 Å². The van der Waals surface area contributed by atoms with E-state index in [1.807, 2.05) is 6.92 Å². The van der Waals surface area contributed by atoms with Gasteiger partial charge in [0.2, 0.25) is 0 Å². The summed E-state index contributed by atoms with van der Waals surface area (Å²) in [5.41, 5.74) is 0.833. The van der Waals surface area contributed by atoms with Gasteiger partial charge in [0.15, 0.2) is 5.69 Å². The van der Waals surface area contributed by atoms with Gasteiger partial charge < -0.3 is 10.1 Å². The smallest absolute Gasteiger partial charge is 0.356 e. The molecule has 0 bridgehead atoms. The van der Waals surface area contributed by atoms with E-state index in [9.17, 15) is 4.79 Å². The molecule has 0 radical (unpaired) electrons. The number of carbonyl (C=O) groups is 1. The number of carboxylic acid groups (broad SMARTS) is 1. The molecule has 0 atom stereocenters.